The fourth-order valence-corrected chi connectivity index (χ4v) is 4.34. The van der Waals surface area contributed by atoms with Gasteiger partial charge in [0.1, 0.15) is 24.1 Å². The number of ether oxygens (including phenoxy) is 2. The van der Waals surface area contributed by atoms with E-state index in [0.717, 1.165) is 0 Å². The molecule has 6 N–H and O–H groups in total. The Kier molecular flexibility index (Phi) is 10.1. The maximum absolute atomic E-state index is 14.4. The van der Waals surface area contributed by atoms with Crippen molar-refractivity contribution < 1.29 is 34.0 Å². The van der Waals surface area contributed by atoms with E-state index in [4.69, 9.17) is 21.1 Å². The minimum atomic E-state index is -1.12. The van der Waals surface area contributed by atoms with Crippen molar-refractivity contribution >= 4 is 29.0 Å². The van der Waals surface area contributed by atoms with Gasteiger partial charge in [-0.05, 0) is 37.2 Å². The number of methoxy groups -OCH3 is 1. The number of aliphatic hydroxyl groups is 3. The van der Waals surface area contributed by atoms with Crippen molar-refractivity contribution in [3.8, 4) is 17.1 Å². The fraction of sp³-hybridized carbons (Fsp3) is 0.385. The molecule has 1 aromatic carbocycles. The quantitative estimate of drug-likeness (QED) is 0.172. The number of aliphatic hydroxyl groups excluding tert-OH is 3. The highest BCUT2D eigenvalue weighted by Gasteiger charge is 2.41. The van der Waals surface area contributed by atoms with Crippen molar-refractivity contribution in [3.63, 3.8) is 0 Å². The fourth-order valence-electron chi connectivity index (χ4n) is 4.16. The first-order valence-corrected chi connectivity index (χ1v) is 12.9. The van der Waals surface area contributed by atoms with Crippen LogP contribution in [0.2, 0.25) is 5.02 Å². The summed E-state index contributed by atoms with van der Waals surface area (Å²) in [6.07, 6.45) is 1.13. The molecule has 1 amide bonds. The number of anilines is 2. The van der Waals surface area contributed by atoms with E-state index in [-0.39, 0.29) is 41.7 Å². The molecule has 1 fully saturated rings. The number of amides is 1. The zero-order chi connectivity index (χ0) is 28.6. The molecule has 12 nitrogen and oxygen atoms in total. The molecule has 0 saturated carbocycles. The molecular formula is C26H30ClFN6O6. The molecule has 1 aliphatic heterocycles. The summed E-state index contributed by atoms with van der Waals surface area (Å²) < 4.78 is 25.2. The highest BCUT2D eigenvalue weighted by atomic mass is 35.5. The largest absolute Gasteiger partial charge is 0.491 e. The predicted molar refractivity (Wildman–Crippen MR) is 144 cm³/mol. The molecule has 3 aromatic rings. The van der Waals surface area contributed by atoms with Crippen molar-refractivity contribution in [1.29, 1.82) is 0 Å². The standard InChI is InChI=1S/C26H30ClFN6O6/c1-39-20-12-32-24(15-10-14(27)2-3-17(15)28)34-25(20)33-18-4-6-30-11-16(18)26(38)31-9-8-29-7-5-19-22(36)23(37)21(13-35)40-19/h2-4,6,10-12,19,21-23,29,35-37H,5,7-9,13H2,1H3,(H,31,38)(H,30,32,33,34)/t19-,21+,22-,23+/m0/s1. The van der Waals surface area contributed by atoms with Crippen molar-refractivity contribution in [2.75, 3.05) is 38.7 Å². The Morgan fingerprint density at radius 3 is 2.70 bits per heavy atom. The molecule has 0 aliphatic carbocycles. The van der Waals surface area contributed by atoms with Crippen LogP contribution in [0.4, 0.5) is 15.9 Å². The maximum atomic E-state index is 14.4. The van der Waals surface area contributed by atoms with E-state index in [1.54, 1.807) is 6.07 Å². The van der Waals surface area contributed by atoms with E-state index < -0.39 is 36.1 Å². The van der Waals surface area contributed by atoms with Gasteiger partial charge in [0.05, 0.1) is 42.8 Å². The lowest BCUT2D eigenvalue weighted by Gasteiger charge is -2.15. The van der Waals surface area contributed by atoms with Crippen LogP contribution in [-0.4, -0.2) is 93.9 Å². The Morgan fingerprint density at radius 1 is 1.15 bits per heavy atom. The number of benzene rings is 1. The normalized spacial score (nSPS) is 20.4. The van der Waals surface area contributed by atoms with Crippen molar-refractivity contribution in [3.05, 3.63) is 59.3 Å². The second-order valence-electron chi connectivity index (χ2n) is 8.95. The molecule has 214 valence electrons. The van der Waals surface area contributed by atoms with Gasteiger partial charge in [0.2, 0.25) is 0 Å². The first-order chi connectivity index (χ1) is 19.3. The lowest BCUT2D eigenvalue weighted by molar-refractivity contribution is -0.0237. The average molecular weight is 577 g/mol. The Bertz CT molecular complexity index is 1320. The van der Waals surface area contributed by atoms with Crippen LogP contribution in [0.3, 0.4) is 0 Å². The van der Waals surface area contributed by atoms with Gasteiger partial charge in [-0.25, -0.2) is 14.4 Å². The number of hydrogen-bond donors (Lipinski definition) is 6. The third kappa shape index (κ3) is 6.99. The van der Waals surface area contributed by atoms with Crippen LogP contribution < -0.4 is 20.7 Å². The van der Waals surface area contributed by atoms with Crippen molar-refractivity contribution in [2.24, 2.45) is 0 Å². The number of carbonyl (C=O) groups excluding carboxylic acids is 1. The van der Waals surface area contributed by atoms with Gasteiger partial charge in [-0.1, -0.05) is 11.6 Å². The van der Waals surface area contributed by atoms with Crippen LogP contribution in [0.15, 0.2) is 42.9 Å². The van der Waals surface area contributed by atoms with Gasteiger partial charge in [0.25, 0.3) is 5.91 Å². The van der Waals surface area contributed by atoms with Crippen molar-refractivity contribution in [2.45, 2.75) is 30.8 Å². The Hall–Kier alpha value is -3.46. The highest BCUT2D eigenvalue weighted by molar-refractivity contribution is 6.30. The summed E-state index contributed by atoms with van der Waals surface area (Å²) in [7, 11) is 1.43. The van der Waals surface area contributed by atoms with Crippen LogP contribution in [0.5, 0.6) is 5.75 Å². The van der Waals surface area contributed by atoms with E-state index >= 15 is 0 Å². The lowest BCUT2D eigenvalue weighted by Crippen LogP contribution is -2.36. The van der Waals surface area contributed by atoms with Gasteiger partial charge in [0.15, 0.2) is 17.4 Å². The molecule has 0 spiro atoms. The Balaban J connectivity index is 1.35. The van der Waals surface area contributed by atoms with Crippen LogP contribution in [-0.2, 0) is 4.74 Å². The maximum Gasteiger partial charge on any atom is 0.255 e. The topological polar surface area (TPSA) is 171 Å². The number of aromatic nitrogens is 3. The lowest BCUT2D eigenvalue weighted by atomic mass is 10.1. The second-order valence-corrected chi connectivity index (χ2v) is 9.39. The third-order valence-electron chi connectivity index (χ3n) is 6.30. The molecule has 1 aliphatic rings. The van der Waals surface area contributed by atoms with E-state index in [1.807, 2.05) is 0 Å². The summed E-state index contributed by atoms with van der Waals surface area (Å²) in [6.45, 7) is 0.812. The number of pyridine rings is 1. The summed E-state index contributed by atoms with van der Waals surface area (Å²) in [5.74, 6) is -0.384. The van der Waals surface area contributed by atoms with Gasteiger partial charge in [0, 0.05) is 30.5 Å². The van der Waals surface area contributed by atoms with Crippen LogP contribution in [0.25, 0.3) is 11.4 Å². The van der Waals surface area contributed by atoms with Crippen LogP contribution >= 0.6 is 11.6 Å². The van der Waals surface area contributed by atoms with E-state index in [1.165, 1.54) is 43.9 Å². The van der Waals surface area contributed by atoms with E-state index in [0.29, 0.717) is 30.2 Å². The summed E-state index contributed by atoms with van der Waals surface area (Å²) in [6, 6.07) is 5.66. The second kappa shape index (κ2) is 13.7. The molecule has 14 heteroatoms. The summed E-state index contributed by atoms with van der Waals surface area (Å²) in [4.78, 5) is 25.5. The molecule has 0 radical (unpaired) electrons. The number of nitrogens with one attached hydrogen (secondary N) is 3. The monoisotopic (exact) mass is 576 g/mol. The molecule has 3 heterocycles. The van der Waals surface area contributed by atoms with Crippen LogP contribution in [0.1, 0.15) is 16.8 Å². The molecule has 0 unspecified atom stereocenters. The molecule has 4 rings (SSSR count). The molecule has 40 heavy (non-hydrogen) atoms. The van der Waals surface area contributed by atoms with E-state index in [9.17, 15) is 24.5 Å². The zero-order valence-electron chi connectivity index (χ0n) is 21.6. The third-order valence-corrected chi connectivity index (χ3v) is 6.53. The number of nitrogens with zero attached hydrogens (tertiary/aromatic N) is 3. The number of hydrogen-bond acceptors (Lipinski definition) is 11. The first kappa shape index (κ1) is 29.5. The predicted octanol–water partition coefficient (Wildman–Crippen LogP) is 1.27. The van der Waals surface area contributed by atoms with E-state index in [2.05, 4.69) is 30.9 Å². The average Bonchev–Trinajstić information content (AvgIpc) is 3.24. The molecule has 4 atom stereocenters. The number of rotatable bonds is 12. The smallest absolute Gasteiger partial charge is 0.255 e. The van der Waals surface area contributed by atoms with Gasteiger partial charge in [-0.2, -0.15) is 0 Å². The molecular weight excluding hydrogens is 547 g/mol. The summed E-state index contributed by atoms with van der Waals surface area (Å²) in [5, 5.41) is 38.3. The van der Waals surface area contributed by atoms with Gasteiger partial charge in [-0.3, -0.25) is 9.78 Å². The Labute approximate surface area is 234 Å². The SMILES string of the molecule is COc1cnc(-c2cc(Cl)ccc2F)nc1Nc1ccncc1C(=O)NCCNCC[C@@H]1O[C@H](CO)[C@@H](O)[C@H]1O. The van der Waals surface area contributed by atoms with Gasteiger partial charge >= 0.3 is 0 Å². The van der Waals surface area contributed by atoms with Crippen molar-refractivity contribution in [1.82, 2.24) is 25.6 Å². The summed E-state index contributed by atoms with van der Waals surface area (Å²) >= 11 is 6.02. The van der Waals surface area contributed by atoms with Gasteiger partial charge < -0.3 is 40.7 Å². The minimum Gasteiger partial charge on any atom is -0.491 e. The van der Waals surface area contributed by atoms with Gasteiger partial charge in [-0.15, -0.1) is 0 Å². The number of carbonyl (C=O) groups is 1. The molecule has 2 aromatic heterocycles. The van der Waals surface area contributed by atoms with Crippen LogP contribution in [0, 0.1) is 5.82 Å². The summed E-state index contributed by atoms with van der Waals surface area (Å²) in [5.41, 5.74) is 0.737. The molecule has 1 saturated heterocycles. The Morgan fingerprint density at radius 2 is 1.95 bits per heavy atom. The minimum absolute atomic E-state index is 0.0753. The highest BCUT2D eigenvalue weighted by Crippen LogP contribution is 2.30. The first-order valence-electron chi connectivity index (χ1n) is 12.5. The number of halogens is 2. The molecule has 0 bridgehead atoms. The zero-order valence-corrected chi connectivity index (χ0v) is 22.3.